The summed E-state index contributed by atoms with van der Waals surface area (Å²) in [4.78, 5) is 11.3. The van der Waals surface area contributed by atoms with Crippen LogP contribution >= 0.6 is 0 Å². The summed E-state index contributed by atoms with van der Waals surface area (Å²) >= 11 is 0. The minimum atomic E-state index is 0.477. The second-order valence-electron chi connectivity index (χ2n) is 2.85. The van der Waals surface area contributed by atoms with Gasteiger partial charge < -0.3 is 15.3 Å². The van der Waals surface area contributed by atoms with E-state index in [1.807, 2.05) is 11.6 Å². The Kier molecular flexibility index (Phi) is 1.86. The van der Waals surface area contributed by atoms with E-state index in [4.69, 9.17) is 5.73 Å². The van der Waals surface area contributed by atoms with Crippen molar-refractivity contribution in [3.63, 3.8) is 0 Å². The van der Waals surface area contributed by atoms with Crippen LogP contribution in [0.25, 0.3) is 11.5 Å². The fourth-order valence-electron chi connectivity index (χ4n) is 1.18. The summed E-state index contributed by atoms with van der Waals surface area (Å²) in [5, 5.41) is 0. The van der Waals surface area contributed by atoms with E-state index in [0.717, 1.165) is 17.2 Å². The Labute approximate surface area is 75.6 Å². The normalized spacial score (nSPS) is 10.6. The van der Waals surface area contributed by atoms with E-state index in [-0.39, 0.29) is 0 Å². The van der Waals surface area contributed by atoms with E-state index in [0.29, 0.717) is 6.54 Å². The second kappa shape index (κ2) is 3.02. The molecule has 0 amide bonds. The van der Waals surface area contributed by atoms with Gasteiger partial charge in [0.15, 0.2) is 5.82 Å². The number of nitrogens with two attached hydrogens (primary N) is 1. The molecule has 0 spiro atoms. The van der Waals surface area contributed by atoms with Crippen molar-refractivity contribution in [2.45, 2.75) is 6.54 Å². The van der Waals surface area contributed by atoms with Crippen LogP contribution in [0, 0.1) is 0 Å². The first kappa shape index (κ1) is 8.00. The SMILES string of the molecule is Cn1cncc1-c1ncc(CN)[nH]1. The van der Waals surface area contributed by atoms with Gasteiger partial charge in [0.1, 0.15) is 5.69 Å². The molecule has 0 radical (unpaired) electrons. The zero-order valence-electron chi connectivity index (χ0n) is 7.36. The Bertz CT molecular complexity index is 400. The van der Waals surface area contributed by atoms with Crippen molar-refractivity contribution in [3.8, 4) is 11.5 Å². The van der Waals surface area contributed by atoms with Gasteiger partial charge in [0.05, 0.1) is 12.5 Å². The highest BCUT2D eigenvalue weighted by Gasteiger charge is 2.05. The van der Waals surface area contributed by atoms with Crippen molar-refractivity contribution >= 4 is 0 Å². The number of nitrogens with one attached hydrogen (secondary N) is 1. The quantitative estimate of drug-likeness (QED) is 0.691. The molecule has 68 valence electrons. The van der Waals surface area contributed by atoms with Crippen LogP contribution in [0.5, 0.6) is 0 Å². The third-order valence-corrected chi connectivity index (χ3v) is 1.91. The maximum Gasteiger partial charge on any atom is 0.155 e. The fourth-order valence-corrected chi connectivity index (χ4v) is 1.18. The van der Waals surface area contributed by atoms with Crippen LogP contribution in [0.4, 0.5) is 0 Å². The Morgan fingerprint density at radius 1 is 1.54 bits per heavy atom. The van der Waals surface area contributed by atoms with E-state index < -0.39 is 0 Å². The number of aromatic nitrogens is 4. The summed E-state index contributed by atoms with van der Waals surface area (Å²) in [6, 6.07) is 0. The number of rotatable bonds is 2. The average Bonchev–Trinajstić information content (AvgIpc) is 2.71. The highest BCUT2D eigenvalue weighted by atomic mass is 15.1. The minimum Gasteiger partial charge on any atom is -0.340 e. The summed E-state index contributed by atoms with van der Waals surface area (Å²) in [6.45, 7) is 0.477. The Morgan fingerprint density at radius 2 is 2.38 bits per heavy atom. The molecule has 5 heteroatoms. The molecular weight excluding hydrogens is 166 g/mol. The zero-order valence-corrected chi connectivity index (χ0v) is 7.36. The first-order chi connectivity index (χ1) is 6.31. The zero-order chi connectivity index (χ0) is 9.26. The highest BCUT2D eigenvalue weighted by Crippen LogP contribution is 2.13. The molecule has 3 N–H and O–H groups in total. The molecule has 13 heavy (non-hydrogen) atoms. The topological polar surface area (TPSA) is 72.5 Å². The Morgan fingerprint density at radius 3 is 2.92 bits per heavy atom. The molecule has 0 aliphatic carbocycles. The first-order valence-corrected chi connectivity index (χ1v) is 4.02. The van der Waals surface area contributed by atoms with Crippen molar-refractivity contribution in [1.29, 1.82) is 0 Å². The lowest BCUT2D eigenvalue weighted by Gasteiger charge is -1.96. The summed E-state index contributed by atoms with van der Waals surface area (Å²) in [5.41, 5.74) is 7.35. The highest BCUT2D eigenvalue weighted by molar-refractivity contribution is 5.48. The predicted molar refractivity (Wildman–Crippen MR) is 48.7 cm³/mol. The first-order valence-electron chi connectivity index (χ1n) is 4.02. The third-order valence-electron chi connectivity index (χ3n) is 1.91. The number of nitrogens with zero attached hydrogens (tertiary/aromatic N) is 3. The van der Waals surface area contributed by atoms with Crippen molar-refractivity contribution in [2.24, 2.45) is 12.8 Å². The van der Waals surface area contributed by atoms with Crippen molar-refractivity contribution in [2.75, 3.05) is 0 Å². The molecule has 0 fully saturated rings. The molecule has 5 nitrogen and oxygen atoms in total. The van der Waals surface area contributed by atoms with E-state index in [1.165, 1.54) is 0 Å². The summed E-state index contributed by atoms with van der Waals surface area (Å²) < 4.78 is 1.90. The number of hydrogen-bond acceptors (Lipinski definition) is 3. The molecule has 0 bridgehead atoms. The summed E-state index contributed by atoms with van der Waals surface area (Å²) in [6.07, 6.45) is 5.24. The summed E-state index contributed by atoms with van der Waals surface area (Å²) in [5.74, 6) is 0.806. The minimum absolute atomic E-state index is 0.477. The fraction of sp³-hybridized carbons (Fsp3) is 0.250. The molecular formula is C8H11N5. The lowest BCUT2D eigenvalue weighted by atomic mass is 10.4. The molecule has 0 aliphatic rings. The number of H-pyrrole nitrogens is 1. The number of aromatic amines is 1. The molecule has 2 aromatic rings. The third kappa shape index (κ3) is 1.33. The van der Waals surface area contributed by atoms with Gasteiger partial charge in [0.25, 0.3) is 0 Å². The van der Waals surface area contributed by atoms with Crippen LogP contribution in [-0.4, -0.2) is 19.5 Å². The molecule has 0 saturated carbocycles. The van der Waals surface area contributed by atoms with E-state index in [2.05, 4.69) is 15.0 Å². The number of imidazole rings is 2. The molecule has 2 aromatic heterocycles. The van der Waals surface area contributed by atoms with Gasteiger partial charge in [-0.15, -0.1) is 0 Å². The largest absolute Gasteiger partial charge is 0.340 e. The van der Waals surface area contributed by atoms with Gasteiger partial charge in [0, 0.05) is 25.5 Å². The van der Waals surface area contributed by atoms with Crippen LogP contribution in [0.1, 0.15) is 5.69 Å². The Balaban J connectivity index is 2.41. The summed E-state index contributed by atoms with van der Waals surface area (Å²) in [7, 11) is 1.92. The van der Waals surface area contributed by atoms with Gasteiger partial charge in [-0.2, -0.15) is 0 Å². The van der Waals surface area contributed by atoms with Crippen LogP contribution < -0.4 is 5.73 Å². The number of aryl methyl sites for hydroxylation is 1. The van der Waals surface area contributed by atoms with E-state index in [1.54, 1.807) is 18.7 Å². The monoisotopic (exact) mass is 177 g/mol. The van der Waals surface area contributed by atoms with Gasteiger partial charge in [-0.1, -0.05) is 0 Å². The van der Waals surface area contributed by atoms with E-state index >= 15 is 0 Å². The van der Waals surface area contributed by atoms with Crippen LogP contribution in [0.15, 0.2) is 18.7 Å². The van der Waals surface area contributed by atoms with Gasteiger partial charge in [0.2, 0.25) is 0 Å². The Hall–Kier alpha value is -1.62. The molecule has 0 unspecified atom stereocenters. The van der Waals surface area contributed by atoms with Gasteiger partial charge in [-0.25, -0.2) is 9.97 Å². The van der Waals surface area contributed by atoms with Crippen molar-refractivity contribution in [3.05, 3.63) is 24.4 Å². The lowest BCUT2D eigenvalue weighted by Crippen LogP contribution is -1.96. The molecule has 0 aromatic carbocycles. The van der Waals surface area contributed by atoms with Crippen LogP contribution in [0.2, 0.25) is 0 Å². The maximum atomic E-state index is 5.46. The van der Waals surface area contributed by atoms with Gasteiger partial charge in [-0.3, -0.25) is 0 Å². The molecule has 0 atom stereocenters. The van der Waals surface area contributed by atoms with E-state index in [9.17, 15) is 0 Å². The number of hydrogen-bond donors (Lipinski definition) is 2. The molecule has 0 saturated heterocycles. The molecule has 0 aliphatic heterocycles. The van der Waals surface area contributed by atoms with Gasteiger partial charge in [-0.05, 0) is 0 Å². The van der Waals surface area contributed by atoms with Crippen molar-refractivity contribution in [1.82, 2.24) is 19.5 Å². The van der Waals surface area contributed by atoms with Crippen molar-refractivity contribution < 1.29 is 0 Å². The second-order valence-corrected chi connectivity index (χ2v) is 2.85. The standard InChI is InChI=1S/C8H11N5/c1-13-5-10-4-7(13)8-11-3-6(2-9)12-8/h3-5H,2,9H2,1H3,(H,11,12). The lowest BCUT2D eigenvalue weighted by molar-refractivity contribution is 0.910. The van der Waals surface area contributed by atoms with Crippen LogP contribution in [0.3, 0.4) is 0 Å². The average molecular weight is 177 g/mol. The smallest absolute Gasteiger partial charge is 0.155 e. The predicted octanol–water partition coefficient (Wildman–Crippen LogP) is 0.269. The van der Waals surface area contributed by atoms with Gasteiger partial charge >= 0.3 is 0 Å². The maximum absolute atomic E-state index is 5.46. The van der Waals surface area contributed by atoms with Crippen LogP contribution in [-0.2, 0) is 13.6 Å². The molecule has 2 rings (SSSR count). The molecule has 2 heterocycles.